The number of ether oxygens (including phenoxy) is 3. The Balaban J connectivity index is 4.48. The lowest BCUT2D eigenvalue weighted by molar-refractivity contribution is -0.167. The fraction of sp³-hybridized carbons (Fsp3) is 0.754. The minimum Gasteiger partial charge on any atom is -0.462 e. The van der Waals surface area contributed by atoms with E-state index in [9.17, 15) is 14.4 Å². The normalized spacial score (nSPS) is 12.6. The van der Waals surface area contributed by atoms with Crippen molar-refractivity contribution in [1.82, 2.24) is 0 Å². The molecule has 0 spiro atoms. The summed E-state index contributed by atoms with van der Waals surface area (Å²) < 4.78 is 16.8. The number of carbonyl (C=O) groups is 3. The molecule has 0 amide bonds. The predicted molar refractivity (Wildman–Crippen MR) is 288 cm³/mol. The summed E-state index contributed by atoms with van der Waals surface area (Å²) in [4.78, 5) is 38.1. The number of allylic oxidation sites excluding steroid dienone is 12. The fourth-order valence-corrected chi connectivity index (χ4v) is 7.84. The molecular weight excluding hydrogens is 829 g/mol. The van der Waals surface area contributed by atoms with Crippen molar-refractivity contribution in [3.8, 4) is 0 Å². The van der Waals surface area contributed by atoms with Crippen LogP contribution in [-0.2, 0) is 28.6 Å². The maximum atomic E-state index is 12.8. The van der Waals surface area contributed by atoms with Crippen LogP contribution in [0.4, 0.5) is 0 Å². The molecule has 0 aromatic heterocycles. The smallest absolute Gasteiger partial charge is 0.306 e. The Bertz CT molecular complexity index is 1260. The number of hydrogen-bond donors (Lipinski definition) is 0. The first-order valence-corrected chi connectivity index (χ1v) is 28.4. The zero-order valence-corrected chi connectivity index (χ0v) is 44.2. The summed E-state index contributed by atoms with van der Waals surface area (Å²) >= 11 is 0. The van der Waals surface area contributed by atoms with E-state index < -0.39 is 6.10 Å². The van der Waals surface area contributed by atoms with E-state index in [4.69, 9.17) is 14.2 Å². The topological polar surface area (TPSA) is 78.9 Å². The van der Waals surface area contributed by atoms with Crippen molar-refractivity contribution in [3.63, 3.8) is 0 Å². The first-order valence-electron chi connectivity index (χ1n) is 28.4. The Morgan fingerprint density at radius 2 is 0.552 bits per heavy atom. The van der Waals surface area contributed by atoms with Crippen molar-refractivity contribution in [2.75, 3.05) is 13.2 Å². The summed E-state index contributed by atoms with van der Waals surface area (Å²) in [5.74, 6) is -0.964. The van der Waals surface area contributed by atoms with E-state index in [2.05, 4.69) is 93.7 Å². The first kappa shape index (κ1) is 63.8. The van der Waals surface area contributed by atoms with E-state index in [1.54, 1.807) is 0 Å². The van der Waals surface area contributed by atoms with E-state index in [1.807, 2.05) is 0 Å². The summed E-state index contributed by atoms with van der Waals surface area (Å²) in [5, 5.41) is 0. The Labute approximate surface area is 414 Å². The number of carbonyl (C=O) groups excluding carboxylic acids is 3. The predicted octanol–water partition coefficient (Wildman–Crippen LogP) is 19.0. The summed E-state index contributed by atoms with van der Waals surface area (Å²) in [6.45, 7) is 6.56. The van der Waals surface area contributed by atoms with Gasteiger partial charge in [0.15, 0.2) is 6.10 Å². The van der Waals surface area contributed by atoms with Gasteiger partial charge in [0, 0.05) is 19.3 Å². The highest BCUT2D eigenvalue weighted by atomic mass is 16.6. The second-order valence-corrected chi connectivity index (χ2v) is 18.8. The highest BCUT2D eigenvalue weighted by molar-refractivity contribution is 5.71. The summed E-state index contributed by atoms with van der Waals surface area (Å²) in [6, 6.07) is 0. The average molecular weight is 936 g/mol. The number of rotatable bonds is 51. The molecule has 0 saturated carbocycles. The summed E-state index contributed by atoms with van der Waals surface area (Å²) in [7, 11) is 0. The minimum absolute atomic E-state index is 0.101. The molecule has 0 unspecified atom stereocenters. The Morgan fingerprint density at radius 1 is 0.299 bits per heavy atom. The second kappa shape index (κ2) is 55.4. The van der Waals surface area contributed by atoms with Gasteiger partial charge in [-0.3, -0.25) is 14.4 Å². The third kappa shape index (κ3) is 53.7. The highest BCUT2D eigenvalue weighted by Crippen LogP contribution is 2.14. The molecule has 0 saturated heterocycles. The van der Waals surface area contributed by atoms with Crippen LogP contribution in [0.5, 0.6) is 0 Å². The molecule has 0 aliphatic rings. The third-order valence-corrected chi connectivity index (χ3v) is 12.2. The van der Waals surface area contributed by atoms with Gasteiger partial charge in [-0.15, -0.1) is 0 Å². The van der Waals surface area contributed by atoms with Crippen LogP contribution in [0, 0.1) is 0 Å². The zero-order valence-electron chi connectivity index (χ0n) is 44.2. The molecule has 0 aliphatic carbocycles. The molecule has 67 heavy (non-hydrogen) atoms. The largest absolute Gasteiger partial charge is 0.462 e. The lowest BCUT2D eigenvalue weighted by atomic mass is 10.1. The van der Waals surface area contributed by atoms with Gasteiger partial charge in [-0.2, -0.15) is 0 Å². The van der Waals surface area contributed by atoms with Gasteiger partial charge in [-0.25, -0.2) is 0 Å². The van der Waals surface area contributed by atoms with Crippen LogP contribution in [0.1, 0.15) is 278 Å². The van der Waals surface area contributed by atoms with E-state index >= 15 is 0 Å². The van der Waals surface area contributed by atoms with E-state index in [1.165, 1.54) is 161 Å². The Hall–Kier alpha value is -3.15. The fourth-order valence-electron chi connectivity index (χ4n) is 7.84. The lowest BCUT2D eigenvalue weighted by Crippen LogP contribution is -2.30. The van der Waals surface area contributed by atoms with Crippen molar-refractivity contribution in [2.24, 2.45) is 0 Å². The van der Waals surface area contributed by atoms with Gasteiger partial charge in [0.2, 0.25) is 0 Å². The average Bonchev–Trinajstić information content (AvgIpc) is 3.33. The van der Waals surface area contributed by atoms with E-state index in [0.717, 1.165) is 70.6 Å². The number of esters is 3. The summed E-state index contributed by atoms with van der Waals surface area (Å²) in [6.07, 6.45) is 70.3. The van der Waals surface area contributed by atoms with E-state index in [-0.39, 0.29) is 37.5 Å². The van der Waals surface area contributed by atoms with Crippen LogP contribution in [-0.4, -0.2) is 37.2 Å². The standard InChI is InChI=1S/C61H106O6/c1-4-7-10-13-16-19-22-25-28-30-33-36-39-42-45-48-51-54-60(63)66-57-58(56-65-59(62)53-50-47-44-41-38-35-32-27-24-21-18-15-12-9-6-3)67-61(64)55-52-49-46-43-40-37-34-31-29-26-23-20-17-14-11-8-5-2/h17,20,25-29,32,34,37,43,46,58H,4-16,18-19,21-24,30-31,33,35-36,38-42,44-45,47-57H2,1-3H3/b20-17-,28-25-,29-26-,32-27-,37-34-,46-43-/t58-/m0/s1. The SMILES string of the molecule is CCCCC/C=C\C/C=C\C/C=C\C/C=C\CCCC(=O)O[C@@H](COC(=O)CCCCCCC/C=C\CCCCCCCC)COC(=O)CCCCCCCCC/C=C\CCCCCCCC. The van der Waals surface area contributed by atoms with Gasteiger partial charge < -0.3 is 14.2 Å². The molecule has 0 N–H and O–H groups in total. The molecule has 0 aromatic rings. The van der Waals surface area contributed by atoms with Gasteiger partial charge in [-0.05, 0) is 109 Å². The minimum atomic E-state index is -0.809. The molecule has 0 rings (SSSR count). The van der Waals surface area contributed by atoms with Crippen LogP contribution < -0.4 is 0 Å². The molecule has 6 nitrogen and oxygen atoms in total. The van der Waals surface area contributed by atoms with Crippen LogP contribution in [0.2, 0.25) is 0 Å². The zero-order chi connectivity index (χ0) is 48.6. The number of unbranched alkanes of at least 4 members (excludes halogenated alkanes) is 28. The Morgan fingerprint density at radius 3 is 0.925 bits per heavy atom. The quantitative estimate of drug-likeness (QED) is 0.0262. The van der Waals surface area contributed by atoms with Gasteiger partial charge >= 0.3 is 17.9 Å². The van der Waals surface area contributed by atoms with Crippen molar-refractivity contribution in [3.05, 3.63) is 72.9 Å². The van der Waals surface area contributed by atoms with Gasteiger partial charge in [-0.1, -0.05) is 222 Å². The molecule has 0 radical (unpaired) electrons. The molecule has 6 heteroatoms. The molecular formula is C61H106O6. The molecule has 0 aliphatic heterocycles. The molecule has 0 fully saturated rings. The lowest BCUT2D eigenvalue weighted by Gasteiger charge is -2.18. The molecule has 0 aromatic carbocycles. The van der Waals surface area contributed by atoms with Crippen molar-refractivity contribution < 1.29 is 28.6 Å². The molecule has 1 atom stereocenters. The Kier molecular flexibility index (Phi) is 52.8. The van der Waals surface area contributed by atoms with Crippen molar-refractivity contribution in [1.29, 1.82) is 0 Å². The first-order chi connectivity index (χ1) is 33.0. The van der Waals surface area contributed by atoms with Crippen molar-refractivity contribution >= 4 is 17.9 Å². The maximum absolute atomic E-state index is 12.8. The number of hydrogen-bond acceptors (Lipinski definition) is 6. The van der Waals surface area contributed by atoms with Crippen LogP contribution in [0.15, 0.2) is 72.9 Å². The van der Waals surface area contributed by atoms with Crippen LogP contribution in [0.3, 0.4) is 0 Å². The molecule has 0 bridgehead atoms. The van der Waals surface area contributed by atoms with Gasteiger partial charge in [0.1, 0.15) is 13.2 Å². The molecule has 386 valence electrons. The van der Waals surface area contributed by atoms with Crippen molar-refractivity contribution in [2.45, 2.75) is 284 Å². The molecule has 0 heterocycles. The third-order valence-electron chi connectivity index (χ3n) is 12.2. The van der Waals surface area contributed by atoms with Crippen LogP contribution >= 0.6 is 0 Å². The van der Waals surface area contributed by atoms with Crippen LogP contribution in [0.25, 0.3) is 0 Å². The van der Waals surface area contributed by atoms with Gasteiger partial charge in [0.25, 0.3) is 0 Å². The summed E-state index contributed by atoms with van der Waals surface area (Å²) in [5.41, 5.74) is 0. The highest BCUT2D eigenvalue weighted by Gasteiger charge is 2.19. The van der Waals surface area contributed by atoms with E-state index in [0.29, 0.717) is 19.3 Å². The monoisotopic (exact) mass is 935 g/mol. The maximum Gasteiger partial charge on any atom is 0.306 e. The second-order valence-electron chi connectivity index (χ2n) is 18.8. The van der Waals surface area contributed by atoms with Gasteiger partial charge in [0.05, 0.1) is 0 Å².